The number of aliphatic imine (C=N–C) groups is 1. The molecule has 0 bridgehead atoms. The first kappa shape index (κ1) is 21.9. The van der Waals surface area contributed by atoms with Crippen molar-refractivity contribution in [3.8, 4) is 5.75 Å². The number of carbonyl (C=O) groups excluding carboxylic acids is 1. The maximum Gasteiger partial charge on any atom is 0.266 e. The predicted octanol–water partition coefficient (Wildman–Crippen LogP) is 5.96. The van der Waals surface area contributed by atoms with Gasteiger partial charge in [-0.2, -0.15) is 0 Å². The molecular formula is C23H25IN2O2S. The van der Waals surface area contributed by atoms with E-state index in [1.807, 2.05) is 58.0 Å². The maximum atomic E-state index is 13.0. The summed E-state index contributed by atoms with van der Waals surface area (Å²) in [6.07, 6.45) is 1.91. The minimum Gasteiger partial charge on any atom is -0.488 e. The highest BCUT2D eigenvalue weighted by Crippen LogP contribution is 2.35. The van der Waals surface area contributed by atoms with Gasteiger partial charge in [-0.15, -0.1) is 0 Å². The van der Waals surface area contributed by atoms with Crippen LogP contribution >= 0.6 is 34.4 Å². The summed E-state index contributed by atoms with van der Waals surface area (Å²) in [6.45, 7) is 8.54. The molecule has 0 radical (unpaired) electrons. The zero-order valence-electron chi connectivity index (χ0n) is 17.1. The van der Waals surface area contributed by atoms with Gasteiger partial charge in [0.1, 0.15) is 12.4 Å². The van der Waals surface area contributed by atoms with Crippen LogP contribution in [-0.4, -0.2) is 28.1 Å². The third-order valence-corrected chi connectivity index (χ3v) is 5.95. The lowest BCUT2D eigenvalue weighted by Gasteiger charge is -2.20. The number of amidine groups is 1. The molecule has 0 N–H and O–H groups in total. The second-order valence-corrected chi connectivity index (χ2v) is 9.59. The van der Waals surface area contributed by atoms with Crippen LogP contribution in [0.25, 0.3) is 6.08 Å². The quantitative estimate of drug-likeness (QED) is 0.349. The molecule has 0 aliphatic carbocycles. The third-order valence-electron chi connectivity index (χ3n) is 4.24. The van der Waals surface area contributed by atoms with Crippen molar-refractivity contribution in [1.82, 2.24) is 4.90 Å². The molecule has 29 heavy (non-hydrogen) atoms. The molecule has 0 unspecified atom stereocenters. The number of amides is 1. The highest BCUT2D eigenvalue weighted by molar-refractivity contribution is 14.1. The summed E-state index contributed by atoms with van der Waals surface area (Å²) >= 11 is 3.72. The van der Waals surface area contributed by atoms with E-state index < -0.39 is 0 Å². The zero-order valence-corrected chi connectivity index (χ0v) is 20.0. The summed E-state index contributed by atoms with van der Waals surface area (Å²) in [7, 11) is 0. The van der Waals surface area contributed by atoms with E-state index in [2.05, 4.69) is 51.8 Å². The number of carbonyl (C=O) groups is 1. The molecule has 3 rings (SSSR count). The number of halogens is 1. The van der Waals surface area contributed by atoms with Gasteiger partial charge in [-0.05, 0) is 91.9 Å². The van der Waals surface area contributed by atoms with Crippen LogP contribution in [0.2, 0.25) is 0 Å². The smallest absolute Gasteiger partial charge is 0.266 e. The van der Waals surface area contributed by atoms with E-state index in [-0.39, 0.29) is 18.0 Å². The Bertz CT molecular complexity index is 936. The van der Waals surface area contributed by atoms with Crippen molar-refractivity contribution in [2.75, 3.05) is 0 Å². The van der Waals surface area contributed by atoms with Crippen molar-refractivity contribution in [2.24, 2.45) is 4.99 Å². The summed E-state index contributed by atoms with van der Waals surface area (Å²) in [5, 5.41) is 0.767. The number of thioether (sulfide) groups is 1. The van der Waals surface area contributed by atoms with Crippen molar-refractivity contribution in [3.63, 3.8) is 0 Å². The van der Waals surface area contributed by atoms with Gasteiger partial charge in [0.05, 0.1) is 4.91 Å². The Morgan fingerprint density at radius 2 is 1.79 bits per heavy atom. The Hall–Kier alpha value is -1.80. The van der Waals surface area contributed by atoms with Crippen LogP contribution in [0.1, 0.15) is 38.8 Å². The number of para-hydroxylation sites is 1. The molecule has 2 aromatic carbocycles. The van der Waals surface area contributed by atoms with E-state index in [4.69, 9.17) is 4.74 Å². The second kappa shape index (κ2) is 9.80. The standard InChI is InChI=1S/C23H25IN2O2S/c1-15(2)25-23-26(16(3)4)22(27)21(29-23)13-18-7-5-6-8-20(18)28-14-17-9-11-19(24)12-10-17/h5-13,15-16H,14H2,1-4H3/b21-13+,25-23?. The SMILES string of the molecule is CC(C)N=C1S/C(=C/c2ccccc2OCc2ccc(I)cc2)C(=O)N1C(C)C. The molecule has 0 atom stereocenters. The maximum absolute atomic E-state index is 13.0. The van der Waals surface area contributed by atoms with Crippen molar-refractivity contribution >= 4 is 51.5 Å². The minimum absolute atomic E-state index is 0.00293. The molecule has 0 saturated carbocycles. The van der Waals surface area contributed by atoms with E-state index >= 15 is 0 Å². The Morgan fingerprint density at radius 3 is 2.45 bits per heavy atom. The van der Waals surface area contributed by atoms with Crippen LogP contribution in [0.3, 0.4) is 0 Å². The van der Waals surface area contributed by atoms with Crippen molar-refractivity contribution in [1.29, 1.82) is 0 Å². The molecule has 2 aromatic rings. The molecule has 152 valence electrons. The zero-order chi connectivity index (χ0) is 21.0. The average molecular weight is 520 g/mol. The fourth-order valence-corrected chi connectivity index (χ4v) is 4.45. The molecule has 1 saturated heterocycles. The number of nitrogens with zero attached hydrogens (tertiary/aromatic N) is 2. The lowest BCUT2D eigenvalue weighted by atomic mass is 10.1. The average Bonchev–Trinajstić information content (AvgIpc) is 2.96. The fraction of sp³-hybridized carbons (Fsp3) is 0.304. The van der Waals surface area contributed by atoms with Crippen molar-refractivity contribution < 1.29 is 9.53 Å². The van der Waals surface area contributed by atoms with Gasteiger partial charge in [-0.25, -0.2) is 0 Å². The van der Waals surface area contributed by atoms with E-state index in [1.165, 1.54) is 15.3 Å². The fourth-order valence-electron chi connectivity index (χ4n) is 2.87. The predicted molar refractivity (Wildman–Crippen MR) is 130 cm³/mol. The number of hydrogen-bond donors (Lipinski definition) is 0. The highest BCUT2D eigenvalue weighted by atomic mass is 127. The van der Waals surface area contributed by atoms with Crippen LogP contribution < -0.4 is 4.74 Å². The van der Waals surface area contributed by atoms with Gasteiger partial charge in [-0.3, -0.25) is 14.7 Å². The molecule has 0 spiro atoms. The van der Waals surface area contributed by atoms with Gasteiger partial charge in [0.25, 0.3) is 5.91 Å². The van der Waals surface area contributed by atoms with Crippen LogP contribution in [0.5, 0.6) is 5.75 Å². The van der Waals surface area contributed by atoms with Crippen LogP contribution in [-0.2, 0) is 11.4 Å². The summed E-state index contributed by atoms with van der Waals surface area (Å²) in [5.74, 6) is 0.758. The summed E-state index contributed by atoms with van der Waals surface area (Å²) in [6, 6.07) is 16.3. The third kappa shape index (κ3) is 5.63. The van der Waals surface area contributed by atoms with Crippen LogP contribution in [0, 0.1) is 3.57 Å². The molecule has 1 aliphatic heterocycles. The first-order valence-corrected chi connectivity index (χ1v) is 11.5. The van der Waals surface area contributed by atoms with E-state index in [0.29, 0.717) is 11.5 Å². The molecule has 0 aromatic heterocycles. The van der Waals surface area contributed by atoms with E-state index in [0.717, 1.165) is 22.0 Å². The van der Waals surface area contributed by atoms with Gasteiger partial charge in [-0.1, -0.05) is 30.3 Å². The topological polar surface area (TPSA) is 41.9 Å². The lowest BCUT2D eigenvalue weighted by Crippen LogP contribution is -2.35. The number of rotatable bonds is 6. The second-order valence-electron chi connectivity index (χ2n) is 7.34. The number of ether oxygens (including phenoxy) is 1. The Kier molecular flexibility index (Phi) is 7.40. The molecule has 6 heteroatoms. The molecule has 1 amide bonds. The van der Waals surface area contributed by atoms with Gasteiger partial charge < -0.3 is 4.74 Å². The van der Waals surface area contributed by atoms with E-state index in [9.17, 15) is 4.79 Å². The van der Waals surface area contributed by atoms with Gasteiger partial charge in [0.2, 0.25) is 0 Å². The van der Waals surface area contributed by atoms with E-state index in [1.54, 1.807) is 4.90 Å². The first-order valence-electron chi connectivity index (χ1n) is 9.62. The van der Waals surface area contributed by atoms with Gasteiger partial charge in [0.15, 0.2) is 5.17 Å². The Labute approximate surface area is 190 Å². The summed E-state index contributed by atoms with van der Waals surface area (Å²) in [4.78, 5) is 20.1. The monoisotopic (exact) mass is 520 g/mol. The van der Waals surface area contributed by atoms with Crippen LogP contribution in [0.15, 0.2) is 58.4 Å². The first-order chi connectivity index (χ1) is 13.8. The van der Waals surface area contributed by atoms with Crippen molar-refractivity contribution in [2.45, 2.75) is 46.4 Å². The molecule has 4 nitrogen and oxygen atoms in total. The molecule has 1 heterocycles. The van der Waals surface area contributed by atoms with Gasteiger partial charge >= 0.3 is 0 Å². The highest BCUT2D eigenvalue weighted by Gasteiger charge is 2.35. The lowest BCUT2D eigenvalue weighted by molar-refractivity contribution is -0.123. The summed E-state index contributed by atoms with van der Waals surface area (Å²) < 4.78 is 7.26. The Morgan fingerprint density at radius 1 is 1.10 bits per heavy atom. The molecular weight excluding hydrogens is 495 g/mol. The number of hydrogen-bond acceptors (Lipinski definition) is 4. The normalized spacial score (nSPS) is 17.2. The molecule has 1 fully saturated rings. The number of benzene rings is 2. The van der Waals surface area contributed by atoms with Gasteiger partial charge in [0, 0.05) is 21.2 Å². The Balaban J connectivity index is 1.84. The van der Waals surface area contributed by atoms with Crippen LogP contribution in [0.4, 0.5) is 0 Å². The summed E-state index contributed by atoms with van der Waals surface area (Å²) in [5.41, 5.74) is 2.00. The minimum atomic E-state index is -0.00293. The molecule has 1 aliphatic rings. The van der Waals surface area contributed by atoms with Crippen molar-refractivity contribution in [3.05, 3.63) is 68.1 Å². The largest absolute Gasteiger partial charge is 0.488 e.